The van der Waals surface area contributed by atoms with Crippen LogP contribution >= 0.6 is 0 Å². The molecule has 0 spiro atoms. The Morgan fingerprint density at radius 1 is 0.800 bits per heavy atom. The van der Waals surface area contributed by atoms with Gasteiger partial charge in [0.1, 0.15) is 0 Å². The molecule has 0 fully saturated rings. The minimum Gasteiger partial charge on any atom is -0.267 e. The van der Waals surface area contributed by atoms with E-state index in [1.165, 1.54) is 0 Å². The zero-order valence-corrected chi connectivity index (χ0v) is 10.7. The third kappa shape index (κ3) is 1.64. The number of benzene rings is 1. The summed E-state index contributed by atoms with van der Waals surface area (Å²) < 4.78 is 3.20. The van der Waals surface area contributed by atoms with Gasteiger partial charge in [-0.1, -0.05) is 18.2 Å². The monoisotopic (exact) mass is 267 g/mol. The van der Waals surface area contributed by atoms with Crippen molar-refractivity contribution < 1.29 is 4.92 Å². The molecular formula is C15H13N3O2. The minimum atomic E-state index is -1.51. The van der Waals surface area contributed by atoms with Crippen LogP contribution in [0.15, 0.2) is 79.4 Å². The molecule has 0 unspecified atom stereocenters. The average molecular weight is 267 g/mol. The van der Waals surface area contributed by atoms with Crippen molar-refractivity contribution in [1.82, 2.24) is 9.13 Å². The van der Waals surface area contributed by atoms with Gasteiger partial charge in [0.15, 0.2) is 0 Å². The second kappa shape index (κ2) is 4.70. The largest absolute Gasteiger partial charge is 0.411 e. The summed E-state index contributed by atoms with van der Waals surface area (Å²) in [5, 5.41) is 12.0. The van der Waals surface area contributed by atoms with Crippen LogP contribution in [-0.2, 0) is 5.79 Å². The molecule has 0 atom stereocenters. The fraction of sp³-hybridized carbons (Fsp3) is 0.0667. The van der Waals surface area contributed by atoms with Crippen molar-refractivity contribution in [2.75, 3.05) is 0 Å². The Morgan fingerprint density at radius 2 is 1.25 bits per heavy atom. The van der Waals surface area contributed by atoms with Crippen molar-refractivity contribution in [3.63, 3.8) is 0 Å². The summed E-state index contributed by atoms with van der Waals surface area (Å²) >= 11 is 0. The first-order valence-electron chi connectivity index (χ1n) is 6.23. The molecule has 0 aliphatic heterocycles. The first-order chi connectivity index (χ1) is 9.76. The predicted molar refractivity (Wildman–Crippen MR) is 74.8 cm³/mol. The molecule has 20 heavy (non-hydrogen) atoms. The zero-order valence-electron chi connectivity index (χ0n) is 10.7. The number of nitrogens with zero attached hydrogens (tertiary/aromatic N) is 3. The summed E-state index contributed by atoms with van der Waals surface area (Å²) in [6, 6.07) is 16.1. The van der Waals surface area contributed by atoms with Crippen LogP contribution in [0.1, 0.15) is 5.56 Å². The molecule has 0 aliphatic carbocycles. The van der Waals surface area contributed by atoms with Crippen molar-refractivity contribution in [3.05, 3.63) is 95.1 Å². The highest BCUT2D eigenvalue weighted by Crippen LogP contribution is 2.29. The maximum atomic E-state index is 12.0. The first kappa shape index (κ1) is 12.2. The van der Waals surface area contributed by atoms with Crippen LogP contribution in [0, 0.1) is 10.1 Å². The SMILES string of the molecule is O=[N+]([O-])C(c1ccccc1)(n1cccc1)n1cccc1. The van der Waals surface area contributed by atoms with Gasteiger partial charge in [-0.2, -0.15) is 0 Å². The minimum absolute atomic E-state index is 0.275. The van der Waals surface area contributed by atoms with E-state index in [1.54, 1.807) is 82.5 Å². The smallest absolute Gasteiger partial charge is 0.267 e. The van der Waals surface area contributed by atoms with E-state index in [0.29, 0.717) is 5.56 Å². The highest BCUT2D eigenvalue weighted by Gasteiger charge is 2.48. The van der Waals surface area contributed by atoms with Gasteiger partial charge < -0.3 is 0 Å². The number of hydrogen-bond donors (Lipinski definition) is 0. The molecule has 1 aromatic carbocycles. The molecule has 5 nitrogen and oxygen atoms in total. The average Bonchev–Trinajstić information content (AvgIpc) is 3.14. The van der Waals surface area contributed by atoms with Crippen molar-refractivity contribution >= 4 is 0 Å². The standard InChI is InChI=1S/C15H13N3O2/c19-18(20)15(16-10-4-5-11-16,17-12-6-7-13-17)14-8-2-1-3-9-14/h1-13H. The van der Waals surface area contributed by atoms with Gasteiger partial charge in [0.05, 0.1) is 10.5 Å². The Kier molecular flexibility index (Phi) is 2.87. The molecule has 2 aromatic heterocycles. The molecule has 100 valence electrons. The molecule has 3 rings (SSSR count). The number of hydrogen-bond acceptors (Lipinski definition) is 2. The van der Waals surface area contributed by atoms with Crippen LogP contribution in [0.25, 0.3) is 0 Å². The van der Waals surface area contributed by atoms with Gasteiger partial charge in [0.2, 0.25) is 0 Å². The molecule has 0 bridgehead atoms. The highest BCUT2D eigenvalue weighted by molar-refractivity contribution is 5.24. The van der Waals surface area contributed by atoms with Crippen LogP contribution in [0.4, 0.5) is 0 Å². The third-order valence-corrected chi connectivity index (χ3v) is 3.34. The second-order valence-electron chi connectivity index (χ2n) is 4.44. The van der Waals surface area contributed by atoms with E-state index in [-0.39, 0.29) is 4.92 Å². The fourth-order valence-electron chi connectivity index (χ4n) is 2.47. The Labute approximate surface area is 115 Å². The van der Waals surface area contributed by atoms with Gasteiger partial charge in [-0.15, -0.1) is 0 Å². The quantitative estimate of drug-likeness (QED) is 0.539. The van der Waals surface area contributed by atoms with E-state index in [1.807, 2.05) is 6.07 Å². The maximum Gasteiger partial charge on any atom is 0.411 e. The Hall–Kier alpha value is -2.82. The molecule has 5 heteroatoms. The number of rotatable bonds is 4. The van der Waals surface area contributed by atoms with Crippen molar-refractivity contribution in [1.29, 1.82) is 0 Å². The van der Waals surface area contributed by atoms with E-state index in [2.05, 4.69) is 0 Å². The van der Waals surface area contributed by atoms with Crippen LogP contribution in [0.5, 0.6) is 0 Å². The zero-order chi connectivity index (χ0) is 14.0. The maximum absolute atomic E-state index is 12.0. The van der Waals surface area contributed by atoms with E-state index in [0.717, 1.165) is 0 Å². The summed E-state index contributed by atoms with van der Waals surface area (Å²) in [5.41, 5.74) is 0.595. The number of aromatic nitrogens is 2. The summed E-state index contributed by atoms with van der Waals surface area (Å²) in [5.74, 6) is -1.51. The van der Waals surface area contributed by atoms with Gasteiger partial charge in [0.25, 0.3) is 0 Å². The first-order valence-corrected chi connectivity index (χ1v) is 6.23. The van der Waals surface area contributed by atoms with Crippen molar-refractivity contribution in [2.45, 2.75) is 5.79 Å². The highest BCUT2D eigenvalue weighted by atomic mass is 16.6. The van der Waals surface area contributed by atoms with Gasteiger partial charge in [-0.05, 0) is 36.4 Å². The lowest BCUT2D eigenvalue weighted by Gasteiger charge is -2.28. The van der Waals surface area contributed by atoms with E-state index >= 15 is 0 Å². The molecule has 3 aromatic rings. The van der Waals surface area contributed by atoms with Gasteiger partial charge in [-0.3, -0.25) is 19.2 Å². The van der Waals surface area contributed by atoms with E-state index < -0.39 is 5.79 Å². The van der Waals surface area contributed by atoms with E-state index in [4.69, 9.17) is 0 Å². The van der Waals surface area contributed by atoms with Crippen LogP contribution in [-0.4, -0.2) is 14.1 Å². The van der Waals surface area contributed by atoms with E-state index in [9.17, 15) is 10.1 Å². The van der Waals surface area contributed by atoms with Crippen molar-refractivity contribution in [2.24, 2.45) is 0 Å². The Bertz CT molecular complexity index is 654. The summed E-state index contributed by atoms with van der Waals surface area (Å²) in [6.45, 7) is 0. The van der Waals surface area contributed by atoms with Crippen LogP contribution in [0.2, 0.25) is 0 Å². The molecule has 0 N–H and O–H groups in total. The molecule has 0 radical (unpaired) electrons. The normalized spacial score (nSPS) is 11.4. The molecule has 0 saturated carbocycles. The van der Waals surface area contributed by atoms with Gasteiger partial charge in [-0.25, -0.2) is 0 Å². The molecule has 2 heterocycles. The van der Waals surface area contributed by atoms with Crippen LogP contribution < -0.4 is 0 Å². The topological polar surface area (TPSA) is 53.0 Å². The number of nitro groups is 1. The summed E-state index contributed by atoms with van der Waals surface area (Å²) in [4.78, 5) is 11.7. The lowest BCUT2D eigenvalue weighted by Crippen LogP contribution is -2.48. The van der Waals surface area contributed by atoms with Gasteiger partial charge >= 0.3 is 5.79 Å². The molecule has 0 amide bonds. The third-order valence-electron chi connectivity index (χ3n) is 3.34. The lowest BCUT2D eigenvalue weighted by atomic mass is 10.1. The summed E-state index contributed by atoms with van der Waals surface area (Å²) in [7, 11) is 0. The second-order valence-corrected chi connectivity index (χ2v) is 4.44. The summed E-state index contributed by atoms with van der Waals surface area (Å²) in [6.07, 6.45) is 6.82. The van der Waals surface area contributed by atoms with Gasteiger partial charge in [0, 0.05) is 24.8 Å². The lowest BCUT2D eigenvalue weighted by molar-refractivity contribution is -0.596. The van der Waals surface area contributed by atoms with Crippen LogP contribution in [0.3, 0.4) is 0 Å². The Balaban J connectivity index is 2.35. The molecular weight excluding hydrogens is 254 g/mol. The molecule has 0 aliphatic rings. The predicted octanol–water partition coefficient (Wildman–Crippen LogP) is 2.77. The Morgan fingerprint density at radius 3 is 1.65 bits per heavy atom. The molecule has 0 saturated heterocycles. The van der Waals surface area contributed by atoms with Crippen molar-refractivity contribution in [3.8, 4) is 0 Å². The fourth-order valence-corrected chi connectivity index (χ4v) is 2.47.